The first-order valence-corrected chi connectivity index (χ1v) is 5.43. The van der Waals surface area contributed by atoms with E-state index in [2.05, 4.69) is 0 Å². The Morgan fingerprint density at radius 1 is 1.56 bits per heavy atom. The highest BCUT2D eigenvalue weighted by atomic mass is 16.3. The van der Waals surface area contributed by atoms with Crippen LogP contribution >= 0.6 is 0 Å². The molecule has 1 aliphatic heterocycles. The van der Waals surface area contributed by atoms with Crippen molar-refractivity contribution in [2.45, 2.75) is 19.4 Å². The van der Waals surface area contributed by atoms with Gasteiger partial charge in [0.25, 0.3) is 5.91 Å². The van der Waals surface area contributed by atoms with Gasteiger partial charge < -0.3 is 15.7 Å². The van der Waals surface area contributed by atoms with Crippen molar-refractivity contribution in [3.63, 3.8) is 0 Å². The van der Waals surface area contributed by atoms with Crippen molar-refractivity contribution in [3.05, 3.63) is 29.3 Å². The molecule has 0 bridgehead atoms. The third-order valence-corrected chi connectivity index (χ3v) is 3.05. The van der Waals surface area contributed by atoms with E-state index in [1.54, 1.807) is 30.0 Å². The Morgan fingerprint density at radius 3 is 2.94 bits per heavy atom. The van der Waals surface area contributed by atoms with Gasteiger partial charge in [0, 0.05) is 30.3 Å². The zero-order valence-electron chi connectivity index (χ0n) is 9.31. The molecule has 1 aromatic carbocycles. The van der Waals surface area contributed by atoms with Crippen LogP contribution in [0.1, 0.15) is 22.3 Å². The quantitative estimate of drug-likeness (QED) is 0.738. The van der Waals surface area contributed by atoms with Crippen molar-refractivity contribution in [2.75, 3.05) is 13.1 Å². The van der Waals surface area contributed by atoms with Crippen LogP contribution in [-0.2, 0) is 0 Å². The van der Waals surface area contributed by atoms with E-state index >= 15 is 0 Å². The molecule has 1 aromatic rings. The number of carbonyl (C=O) groups is 1. The molecule has 1 aliphatic rings. The van der Waals surface area contributed by atoms with E-state index in [0.717, 1.165) is 6.42 Å². The van der Waals surface area contributed by atoms with E-state index in [1.165, 1.54) is 0 Å². The number of amides is 1. The van der Waals surface area contributed by atoms with Crippen LogP contribution in [0.25, 0.3) is 0 Å². The van der Waals surface area contributed by atoms with Crippen LogP contribution in [0, 0.1) is 6.92 Å². The zero-order valence-corrected chi connectivity index (χ0v) is 9.31. The van der Waals surface area contributed by atoms with Crippen molar-refractivity contribution < 1.29 is 9.90 Å². The van der Waals surface area contributed by atoms with Crippen LogP contribution in [0.5, 0.6) is 5.75 Å². The summed E-state index contributed by atoms with van der Waals surface area (Å²) in [6.45, 7) is 3.06. The maximum Gasteiger partial charge on any atom is 0.254 e. The summed E-state index contributed by atoms with van der Waals surface area (Å²) < 4.78 is 0. The number of carbonyl (C=O) groups excluding carboxylic acids is 1. The molecule has 0 unspecified atom stereocenters. The number of likely N-dealkylation sites (tertiary alicyclic amines) is 1. The maximum atomic E-state index is 12.1. The van der Waals surface area contributed by atoms with Crippen LogP contribution in [-0.4, -0.2) is 35.0 Å². The number of phenolic OH excluding ortho intramolecular Hbond substituents is 1. The Labute approximate surface area is 94.7 Å². The van der Waals surface area contributed by atoms with Crippen molar-refractivity contribution in [3.8, 4) is 5.75 Å². The Kier molecular flexibility index (Phi) is 2.83. The molecule has 0 radical (unpaired) electrons. The molecule has 0 saturated carbocycles. The lowest BCUT2D eigenvalue weighted by molar-refractivity contribution is 0.0789. The number of phenols is 1. The van der Waals surface area contributed by atoms with Crippen LogP contribution in [0.15, 0.2) is 18.2 Å². The Balaban J connectivity index is 2.24. The summed E-state index contributed by atoms with van der Waals surface area (Å²) in [6.07, 6.45) is 0.851. The average molecular weight is 220 g/mol. The molecule has 0 spiro atoms. The number of nitrogens with two attached hydrogens (primary N) is 1. The van der Waals surface area contributed by atoms with E-state index in [4.69, 9.17) is 5.73 Å². The highest BCUT2D eigenvalue weighted by molar-refractivity contribution is 5.96. The fourth-order valence-corrected chi connectivity index (χ4v) is 2.00. The minimum atomic E-state index is -0.0404. The van der Waals surface area contributed by atoms with Gasteiger partial charge >= 0.3 is 0 Å². The van der Waals surface area contributed by atoms with Gasteiger partial charge in [0.2, 0.25) is 0 Å². The second-order valence-electron chi connectivity index (χ2n) is 4.25. The number of aromatic hydroxyl groups is 1. The lowest BCUT2D eigenvalue weighted by Crippen LogP contribution is -2.32. The van der Waals surface area contributed by atoms with Crippen LogP contribution in [0.2, 0.25) is 0 Å². The summed E-state index contributed by atoms with van der Waals surface area (Å²) >= 11 is 0. The van der Waals surface area contributed by atoms with E-state index in [0.29, 0.717) is 24.2 Å². The van der Waals surface area contributed by atoms with Crippen LogP contribution in [0.4, 0.5) is 0 Å². The summed E-state index contributed by atoms with van der Waals surface area (Å²) in [4.78, 5) is 13.9. The van der Waals surface area contributed by atoms with E-state index < -0.39 is 0 Å². The average Bonchev–Trinajstić information content (AvgIpc) is 2.68. The largest absolute Gasteiger partial charge is 0.508 e. The molecule has 4 heteroatoms. The van der Waals surface area contributed by atoms with Gasteiger partial charge in [-0.15, -0.1) is 0 Å². The molecule has 1 saturated heterocycles. The number of nitrogens with zero attached hydrogens (tertiary/aromatic N) is 1. The number of benzene rings is 1. The van der Waals surface area contributed by atoms with Gasteiger partial charge in [-0.25, -0.2) is 0 Å². The molecule has 86 valence electrons. The van der Waals surface area contributed by atoms with E-state index in [1.807, 2.05) is 0 Å². The minimum Gasteiger partial charge on any atom is -0.508 e. The summed E-state index contributed by atoms with van der Waals surface area (Å²) in [7, 11) is 0. The SMILES string of the molecule is Cc1c(O)cccc1C(=O)N1CC[C@@H](N)C1. The van der Waals surface area contributed by atoms with E-state index in [9.17, 15) is 9.90 Å². The topological polar surface area (TPSA) is 66.6 Å². The summed E-state index contributed by atoms with van der Waals surface area (Å²) in [5.74, 6) is 0.121. The molecule has 0 aromatic heterocycles. The van der Waals surface area contributed by atoms with Crippen LogP contribution < -0.4 is 5.73 Å². The van der Waals surface area contributed by atoms with Gasteiger partial charge in [0.05, 0.1) is 0 Å². The lowest BCUT2D eigenvalue weighted by Gasteiger charge is -2.17. The maximum absolute atomic E-state index is 12.1. The first-order valence-electron chi connectivity index (χ1n) is 5.43. The van der Waals surface area contributed by atoms with Crippen LogP contribution in [0.3, 0.4) is 0 Å². The molecule has 4 nitrogen and oxygen atoms in total. The predicted octanol–water partition coefficient (Wildman–Crippen LogP) is 0.874. The molecule has 16 heavy (non-hydrogen) atoms. The van der Waals surface area contributed by atoms with Gasteiger partial charge in [-0.05, 0) is 25.5 Å². The molecular formula is C12H16N2O2. The van der Waals surface area contributed by atoms with Gasteiger partial charge in [-0.2, -0.15) is 0 Å². The fraction of sp³-hybridized carbons (Fsp3) is 0.417. The van der Waals surface area contributed by atoms with Gasteiger partial charge in [-0.3, -0.25) is 4.79 Å². The first-order chi connectivity index (χ1) is 7.59. The van der Waals surface area contributed by atoms with Crippen molar-refractivity contribution >= 4 is 5.91 Å². The van der Waals surface area contributed by atoms with Crippen molar-refractivity contribution in [1.29, 1.82) is 0 Å². The monoisotopic (exact) mass is 220 g/mol. The van der Waals surface area contributed by atoms with Gasteiger partial charge in [0.15, 0.2) is 0 Å². The fourth-order valence-electron chi connectivity index (χ4n) is 2.00. The summed E-state index contributed by atoms with van der Waals surface area (Å²) in [5.41, 5.74) is 6.96. The molecule has 1 atom stereocenters. The third-order valence-electron chi connectivity index (χ3n) is 3.05. The van der Waals surface area contributed by atoms with Crippen molar-refractivity contribution in [1.82, 2.24) is 4.90 Å². The number of hydrogen-bond acceptors (Lipinski definition) is 3. The number of hydrogen-bond donors (Lipinski definition) is 2. The smallest absolute Gasteiger partial charge is 0.254 e. The molecule has 2 rings (SSSR count). The molecular weight excluding hydrogens is 204 g/mol. The number of rotatable bonds is 1. The lowest BCUT2D eigenvalue weighted by atomic mass is 10.1. The molecule has 0 aliphatic carbocycles. The first kappa shape index (κ1) is 11.0. The highest BCUT2D eigenvalue weighted by Gasteiger charge is 2.25. The Bertz CT molecular complexity index is 417. The Morgan fingerprint density at radius 2 is 2.31 bits per heavy atom. The van der Waals surface area contributed by atoms with Gasteiger partial charge in [0.1, 0.15) is 5.75 Å². The molecule has 1 fully saturated rings. The summed E-state index contributed by atoms with van der Waals surface area (Å²) in [6, 6.07) is 5.09. The predicted molar refractivity (Wildman–Crippen MR) is 61.3 cm³/mol. The Hall–Kier alpha value is -1.55. The summed E-state index contributed by atoms with van der Waals surface area (Å²) in [5, 5.41) is 9.55. The molecule has 3 N–H and O–H groups in total. The second-order valence-corrected chi connectivity index (χ2v) is 4.25. The van der Waals surface area contributed by atoms with Gasteiger partial charge in [-0.1, -0.05) is 6.07 Å². The molecule has 1 heterocycles. The van der Waals surface area contributed by atoms with E-state index in [-0.39, 0.29) is 17.7 Å². The zero-order chi connectivity index (χ0) is 11.7. The minimum absolute atomic E-state index is 0.0404. The second kappa shape index (κ2) is 4.14. The highest BCUT2D eigenvalue weighted by Crippen LogP contribution is 2.22. The van der Waals surface area contributed by atoms with Crippen molar-refractivity contribution in [2.24, 2.45) is 5.73 Å². The standard InChI is InChI=1S/C12H16N2O2/c1-8-10(3-2-4-11(8)15)12(16)14-6-5-9(13)7-14/h2-4,9,15H,5-7,13H2,1H3/t9-/m1/s1. The third kappa shape index (κ3) is 1.88. The normalized spacial score (nSPS) is 20.1. The molecule has 1 amide bonds.